The van der Waals surface area contributed by atoms with E-state index in [1.165, 1.54) is 24.2 Å². The quantitative estimate of drug-likeness (QED) is 0.487. The Balaban J connectivity index is 1.85. The third-order valence-corrected chi connectivity index (χ3v) is 3.31. The largest absolute Gasteiger partial charge is 0.467 e. The van der Waals surface area contributed by atoms with Crippen LogP contribution in [0.15, 0.2) is 34.2 Å². The van der Waals surface area contributed by atoms with E-state index in [9.17, 15) is 9.59 Å². The van der Waals surface area contributed by atoms with Crippen LogP contribution in [0, 0.1) is 0 Å². The maximum absolute atomic E-state index is 11.9. The summed E-state index contributed by atoms with van der Waals surface area (Å²) < 4.78 is 9.94. The second kappa shape index (κ2) is 7.81. The second-order valence-electron chi connectivity index (χ2n) is 3.99. The number of rotatable bonds is 6. The van der Waals surface area contributed by atoms with Gasteiger partial charge in [-0.15, -0.1) is 0 Å². The molecule has 22 heavy (non-hydrogen) atoms. The van der Waals surface area contributed by atoms with E-state index in [1.54, 1.807) is 18.4 Å². The van der Waals surface area contributed by atoms with E-state index in [4.69, 9.17) is 20.8 Å². The van der Waals surface area contributed by atoms with Gasteiger partial charge >= 0.3 is 5.97 Å². The van der Waals surface area contributed by atoms with Crippen molar-refractivity contribution < 1.29 is 18.7 Å². The summed E-state index contributed by atoms with van der Waals surface area (Å²) >= 11 is 7.11. The Bertz CT molecular complexity index is 663. The molecule has 0 aliphatic rings. The van der Waals surface area contributed by atoms with E-state index < -0.39 is 18.5 Å². The highest BCUT2D eigenvalue weighted by atomic mass is 35.5. The van der Waals surface area contributed by atoms with Crippen LogP contribution in [0.1, 0.15) is 16.2 Å². The molecule has 2 aromatic rings. The third-order valence-electron chi connectivity index (χ3n) is 2.47. The minimum Gasteiger partial charge on any atom is -0.467 e. The van der Waals surface area contributed by atoms with E-state index in [0.29, 0.717) is 10.9 Å². The number of halogens is 1. The number of nitrogens with one attached hydrogen (secondary N) is 1. The van der Waals surface area contributed by atoms with Gasteiger partial charge in [0.25, 0.3) is 5.91 Å². The topological polar surface area (TPSA) is 94.3 Å². The Morgan fingerprint density at radius 2 is 2.32 bits per heavy atom. The average molecular weight is 342 g/mol. The second-order valence-corrected chi connectivity index (χ2v) is 5.17. The van der Waals surface area contributed by atoms with Crippen molar-refractivity contribution in [3.05, 3.63) is 41.1 Å². The molecule has 1 N–H and O–H groups in total. The van der Waals surface area contributed by atoms with Crippen LogP contribution in [-0.2, 0) is 16.1 Å². The Morgan fingerprint density at radius 3 is 3.00 bits per heavy atom. The predicted octanol–water partition coefficient (Wildman–Crippen LogP) is 1.92. The summed E-state index contributed by atoms with van der Waals surface area (Å²) in [4.78, 5) is 31.3. The molecular formula is C13H12ClN3O4S. The molecule has 0 radical (unpaired) electrons. The molecule has 1 amide bonds. The summed E-state index contributed by atoms with van der Waals surface area (Å²) in [5.41, 5.74) is -0.0696. The van der Waals surface area contributed by atoms with Crippen molar-refractivity contribution in [2.45, 2.75) is 11.7 Å². The zero-order chi connectivity index (χ0) is 15.9. The molecule has 0 aliphatic heterocycles. The molecular weight excluding hydrogens is 330 g/mol. The van der Waals surface area contributed by atoms with Gasteiger partial charge in [0.15, 0.2) is 17.5 Å². The number of carbonyl (C=O) groups is 2. The fourth-order valence-corrected chi connectivity index (χ4v) is 1.95. The summed E-state index contributed by atoms with van der Waals surface area (Å²) in [6.07, 6.45) is 4.58. The molecule has 9 heteroatoms. The van der Waals surface area contributed by atoms with Crippen molar-refractivity contribution in [2.24, 2.45) is 0 Å². The minimum atomic E-state index is -0.782. The van der Waals surface area contributed by atoms with Gasteiger partial charge < -0.3 is 14.5 Å². The summed E-state index contributed by atoms with van der Waals surface area (Å²) in [5, 5.41) is 3.01. The van der Waals surface area contributed by atoms with Gasteiger partial charge in [0.1, 0.15) is 5.76 Å². The SMILES string of the molecule is CSc1ncc(Cl)c(C(=O)OCC(=O)NCc2ccco2)n1. The van der Waals surface area contributed by atoms with Gasteiger partial charge in [0.2, 0.25) is 0 Å². The normalized spacial score (nSPS) is 10.3. The van der Waals surface area contributed by atoms with Crippen LogP contribution in [0.3, 0.4) is 0 Å². The summed E-state index contributed by atoms with van der Waals surface area (Å²) in [5.74, 6) is -0.640. The van der Waals surface area contributed by atoms with Gasteiger partial charge in [-0.1, -0.05) is 23.4 Å². The summed E-state index contributed by atoms with van der Waals surface area (Å²) in [7, 11) is 0. The molecule has 0 aliphatic carbocycles. The molecule has 0 saturated heterocycles. The van der Waals surface area contributed by atoms with Crippen molar-refractivity contribution in [2.75, 3.05) is 12.9 Å². The fourth-order valence-electron chi connectivity index (χ4n) is 1.44. The smallest absolute Gasteiger partial charge is 0.359 e. The lowest BCUT2D eigenvalue weighted by Gasteiger charge is -2.06. The van der Waals surface area contributed by atoms with Gasteiger partial charge in [-0.25, -0.2) is 14.8 Å². The maximum atomic E-state index is 11.9. The molecule has 2 heterocycles. The highest BCUT2D eigenvalue weighted by molar-refractivity contribution is 7.98. The van der Waals surface area contributed by atoms with E-state index >= 15 is 0 Å². The molecule has 0 atom stereocenters. The number of esters is 1. The molecule has 0 unspecified atom stereocenters. The van der Waals surface area contributed by atoms with Crippen molar-refractivity contribution in [3.63, 3.8) is 0 Å². The third kappa shape index (κ3) is 4.47. The van der Waals surface area contributed by atoms with E-state index in [0.717, 1.165) is 0 Å². The molecule has 2 aromatic heterocycles. The van der Waals surface area contributed by atoms with Gasteiger partial charge in [0.05, 0.1) is 24.0 Å². The first-order valence-electron chi connectivity index (χ1n) is 6.13. The molecule has 7 nitrogen and oxygen atoms in total. The number of ether oxygens (including phenoxy) is 1. The fraction of sp³-hybridized carbons (Fsp3) is 0.231. The molecule has 116 valence electrons. The Hall–Kier alpha value is -2.06. The highest BCUT2D eigenvalue weighted by Crippen LogP contribution is 2.17. The number of furan rings is 1. The Morgan fingerprint density at radius 1 is 1.50 bits per heavy atom. The van der Waals surface area contributed by atoms with Crippen LogP contribution in [0.25, 0.3) is 0 Å². The Labute approximate surface area is 135 Å². The Kier molecular flexibility index (Phi) is 5.79. The van der Waals surface area contributed by atoms with E-state index in [2.05, 4.69) is 15.3 Å². The van der Waals surface area contributed by atoms with Crippen molar-refractivity contribution in [1.29, 1.82) is 0 Å². The van der Waals surface area contributed by atoms with Crippen LogP contribution in [-0.4, -0.2) is 34.7 Å². The predicted molar refractivity (Wildman–Crippen MR) is 79.7 cm³/mol. The summed E-state index contributed by atoms with van der Waals surface area (Å²) in [6, 6.07) is 3.43. The minimum absolute atomic E-state index is 0.0683. The van der Waals surface area contributed by atoms with E-state index in [1.807, 2.05) is 0 Å². The maximum Gasteiger partial charge on any atom is 0.359 e. The monoisotopic (exact) mass is 341 g/mol. The number of hydrogen-bond acceptors (Lipinski definition) is 7. The lowest BCUT2D eigenvalue weighted by atomic mass is 10.4. The lowest BCUT2D eigenvalue weighted by molar-refractivity contribution is -0.124. The number of hydrogen-bond donors (Lipinski definition) is 1. The molecule has 0 fully saturated rings. The van der Waals surface area contributed by atoms with Crippen LogP contribution < -0.4 is 5.32 Å². The van der Waals surface area contributed by atoms with Gasteiger partial charge in [-0.05, 0) is 18.4 Å². The number of aromatic nitrogens is 2. The zero-order valence-electron chi connectivity index (χ0n) is 11.5. The van der Waals surface area contributed by atoms with Crippen molar-refractivity contribution in [3.8, 4) is 0 Å². The van der Waals surface area contributed by atoms with Crippen molar-refractivity contribution in [1.82, 2.24) is 15.3 Å². The number of carbonyl (C=O) groups excluding carboxylic acids is 2. The van der Waals surface area contributed by atoms with Crippen LogP contribution in [0.2, 0.25) is 5.02 Å². The molecule has 0 spiro atoms. The molecule has 0 saturated carbocycles. The van der Waals surface area contributed by atoms with Gasteiger partial charge in [-0.2, -0.15) is 0 Å². The first-order valence-corrected chi connectivity index (χ1v) is 7.73. The van der Waals surface area contributed by atoms with Gasteiger partial charge in [-0.3, -0.25) is 4.79 Å². The van der Waals surface area contributed by atoms with Crippen LogP contribution in [0.4, 0.5) is 0 Å². The number of thioether (sulfide) groups is 1. The molecule has 0 bridgehead atoms. The molecule has 0 aromatic carbocycles. The van der Waals surface area contributed by atoms with Gasteiger partial charge in [0, 0.05) is 0 Å². The molecule has 2 rings (SSSR count). The number of amides is 1. The highest BCUT2D eigenvalue weighted by Gasteiger charge is 2.17. The lowest BCUT2D eigenvalue weighted by Crippen LogP contribution is -2.28. The average Bonchev–Trinajstić information content (AvgIpc) is 3.04. The summed E-state index contributed by atoms with van der Waals surface area (Å²) in [6.45, 7) is -0.219. The van der Waals surface area contributed by atoms with E-state index in [-0.39, 0.29) is 17.3 Å². The van der Waals surface area contributed by atoms with Crippen LogP contribution in [0.5, 0.6) is 0 Å². The zero-order valence-corrected chi connectivity index (χ0v) is 13.1. The van der Waals surface area contributed by atoms with Crippen LogP contribution >= 0.6 is 23.4 Å². The first kappa shape index (κ1) is 16.3. The number of nitrogens with zero attached hydrogens (tertiary/aromatic N) is 2. The standard InChI is InChI=1S/C13H12ClN3O4S/c1-22-13-16-6-9(14)11(17-13)12(19)21-7-10(18)15-5-8-3-2-4-20-8/h2-4,6H,5,7H2,1H3,(H,15,18). The van der Waals surface area contributed by atoms with Crippen molar-refractivity contribution >= 4 is 35.2 Å². The first-order chi connectivity index (χ1) is 10.6.